The summed E-state index contributed by atoms with van der Waals surface area (Å²) in [5, 5.41) is 9.61. The van der Waals surface area contributed by atoms with E-state index in [1.54, 1.807) is 55.2 Å². The second kappa shape index (κ2) is 10.6. The van der Waals surface area contributed by atoms with Crippen LogP contribution in [0.15, 0.2) is 98.6 Å². The lowest BCUT2D eigenvalue weighted by molar-refractivity contribution is 0.0697. The van der Waals surface area contributed by atoms with Gasteiger partial charge in [0, 0.05) is 22.8 Å². The molecule has 2 aliphatic rings. The molecule has 1 atom stereocenters. The number of nitrogens with zero attached hydrogens (tertiary/aromatic N) is 2. The van der Waals surface area contributed by atoms with Crippen LogP contribution < -0.4 is 24.4 Å². The highest BCUT2D eigenvalue weighted by molar-refractivity contribution is 7.07. The number of carboxylic acids is 1. The molecule has 7 rings (SSSR count). The number of aromatic carboxylic acids is 1. The molecule has 43 heavy (non-hydrogen) atoms. The number of allylic oxidation sites excluding steroid dienone is 1. The number of furan rings is 1. The summed E-state index contributed by atoms with van der Waals surface area (Å²) in [5.41, 5.74) is 5.46. The van der Waals surface area contributed by atoms with Crippen molar-refractivity contribution in [2.75, 3.05) is 14.2 Å². The van der Waals surface area contributed by atoms with Gasteiger partial charge >= 0.3 is 5.97 Å². The number of carbonyl (C=O) groups is 1. The van der Waals surface area contributed by atoms with Crippen molar-refractivity contribution in [1.29, 1.82) is 0 Å². The lowest BCUT2D eigenvalue weighted by Gasteiger charge is -2.31. The second-order valence-corrected chi connectivity index (χ2v) is 11.3. The van der Waals surface area contributed by atoms with Crippen LogP contribution in [0.25, 0.3) is 23.1 Å². The Labute approximate surface area is 250 Å². The van der Waals surface area contributed by atoms with Gasteiger partial charge in [0.05, 0.1) is 36.1 Å². The molecule has 3 heterocycles. The summed E-state index contributed by atoms with van der Waals surface area (Å²) in [6.45, 7) is 0. The molecule has 0 saturated carbocycles. The molecule has 0 fully saturated rings. The van der Waals surface area contributed by atoms with Crippen LogP contribution in [0.2, 0.25) is 0 Å². The number of methoxy groups -OCH3 is 2. The predicted octanol–water partition coefficient (Wildman–Crippen LogP) is 5.29. The average molecular weight is 591 g/mol. The first-order chi connectivity index (χ1) is 21.0. The average Bonchev–Trinajstić information content (AvgIpc) is 3.63. The van der Waals surface area contributed by atoms with E-state index in [0.717, 1.165) is 35.2 Å². The lowest BCUT2D eigenvalue weighted by atomic mass is 9.83. The molecule has 1 aliphatic carbocycles. The molecule has 2 aromatic heterocycles. The molecule has 0 amide bonds. The number of fused-ring (bicyclic) bond motifs is 3. The Balaban J connectivity index is 1.42. The van der Waals surface area contributed by atoms with E-state index in [1.165, 1.54) is 23.0 Å². The highest BCUT2D eigenvalue weighted by Gasteiger charge is 2.34. The van der Waals surface area contributed by atoms with E-state index >= 15 is 0 Å². The summed E-state index contributed by atoms with van der Waals surface area (Å²) < 4.78 is 19.6. The fraction of sp³-hybridized carbons (Fsp3) is 0.147. The fourth-order valence-electron chi connectivity index (χ4n) is 5.94. The van der Waals surface area contributed by atoms with Crippen molar-refractivity contribution in [2.24, 2.45) is 4.99 Å². The third kappa shape index (κ3) is 4.49. The number of aromatic nitrogens is 1. The Hall–Kier alpha value is -5.15. The Morgan fingerprint density at radius 3 is 2.58 bits per heavy atom. The van der Waals surface area contributed by atoms with E-state index in [4.69, 9.17) is 18.9 Å². The number of carboxylic acid groups (broad SMARTS) is 1. The molecular formula is C34H26N2O6S. The van der Waals surface area contributed by atoms with Crippen molar-refractivity contribution in [3.63, 3.8) is 0 Å². The van der Waals surface area contributed by atoms with Crippen molar-refractivity contribution in [2.45, 2.75) is 18.9 Å². The van der Waals surface area contributed by atoms with Gasteiger partial charge in [-0.05, 0) is 60.4 Å². The zero-order chi connectivity index (χ0) is 29.7. The summed E-state index contributed by atoms with van der Waals surface area (Å²) in [6, 6.07) is 23.6. The van der Waals surface area contributed by atoms with Gasteiger partial charge in [-0.2, -0.15) is 0 Å². The molecule has 3 aromatic carbocycles. The van der Waals surface area contributed by atoms with Gasteiger partial charge in [-0.25, -0.2) is 9.79 Å². The van der Waals surface area contributed by atoms with Gasteiger partial charge in [0.2, 0.25) is 0 Å². The highest BCUT2D eigenvalue weighted by Crippen LogP contribution is 2.44. The minimum absolute atomic E-state index is 0.140. The molecule has 0 unspecified atom stereocenters. The molecule has 1 aliphatic heterocycles. The van der Waals surface area contributed by atoms with Crippen LogP contribution in [-0.2, 0) is 6.42 Å². The Kier molecular flexibility index (Phi) is 6.59. The maximum Gasteiger partial charge on any atom is 0.336 e. The smallest absolute Gasteiger partial charge is 0.336 e. The van der Waals surface area contributed by atoms with Gasteiger partial charge in [-0.15, -0.1) is 0 Å². The predicted molar refractivity (Wildman–Crippen MR) is 163 cm³/mol. The minimum Gasteiger partial charge on any atom is -0.497 e. The number of benzene rings is 3. The van der Waals surface area contributed by atoms with Gasteiger partial charge in [-0.1, -0.05) is 53.8 Å². The minimum atomic E-state index is -1.04. The van der Waals surface area contributed by atoms with Crippen molar-refractivity contribution < 1.29 is 23.8 Å². The number of ether oxygens (including phenoxy) is 2. The van der Waals surface area contributed by atoms with Crippen LogP contribution in [0, 0.1) is 0 Å². The number of thiazole rings is 1. The van der Waals surface area contributed by atoms with E-state index in [1.807, 2.05) is 30.3 Å². The molecule has 0 spiro atoms. The van der Waals surface area contributed by atoms with Crippen molar-refractivity contribution in [1.82, 2.24) is 4.57 Å². The van der Waals surface area contributed by atoms with E-state index < -0.39 is 12.0 Å². The molecule has 9 heteroatoms. The first-order valence-corrected chi connectivity index (χ1v) is 14.6. The fourth-order valence-corrected chi connectivity index (χ4v) is 6.92. The maximum atomic E-state index is 14.2. The summed E-state index contributed by atoms with van der Waals surface area (Å²) in [6.07, 6.45) is 3.27. The second-order valence-electron chi connectivity index (χ2n) is 10.3. The largest absolute Gasteiger partial charge is 0.497 e. The SMILES string of the molecule is COc1ccc(OC)c([C@H]2C3=C(N=c4s/c(=C\c5ccc(-c6ccccc6C(=O)O)o5)c(=O)n42)c2ccccc2CC3)c1. The third-order valence-corrected chi connectivity index (χ3v) is 8.91. The number of hydrogen-bond acceptors (Lipinski definition) is 7. The van der Waals surface area contributed by atoms with Crippen LogP contribution in [0.4, 0.5) is 0 Å². The number of hydrogen-bond donors (Lipinski definition) is 1. The van der Waals surface area contributed by atoms with E-state index in [0.29, 0.717) is 37.9 Å². The van der Waals surface area contributed by atoms with Gasteiger partial charge in [0.1, 0.15) is 23.0 Å². The Morgan fingerprint density at radius 1 is 1.00 bits per heavy atom. The summed E-state index contributed by atoms with van der Waals surface area (Å²) in [4.78, 5) is 31.5. The Bertz CT molecular complexity index is 2130. The topological polar surface area (TPSA) is 103 Å². The van der Waals surface area contributed by atoms with Crippen molar-refractivity contribution in [3.05, 3.63) is 132 Å². The third-order valence-electron chi connectivity index (χ3n) is 7.93. The number of aryl methyl sites for hydroxylation is 1. The van der Waals surface area contributed by atoms with Crippen LogP contribution in [0.5, 0.6) is 11.5 Å². The lowest BCUT2D eigenvalue weighted by Crippen LogP contribution is -2.39. The van der Waals surface area contributed by atoms with Crippen LogP contribution in [0.3, 0.4) is 0 Å². The van der Waals surface area contributed by atoms with E-state index in [9.17, 15) is 14.7 Å². The molecule has 0 radical (unpaired) electrons. The molecule has 0 saturated heterocycles. The van der Waals surface area contributed by atoms with Crippen molar-refractivity contribution in [3.8, 4) is 22.8 Å². The van der Waals surface area contributed by atoms with Gasteiger partial charge in [0.15, 0.2) is 4.80 Å². The van der Waals surface area contributed by atoms with Crippen LogP contribution in [0.1, 0.15) is 45.3 Å². The zero-order valence-corrected chi connectivity index (χ0v) is 24.2. The molecule has 214 valence electrons. The molecule has 1 N–H and O–H groups in total. The number of rotatable bonds is 6. The van der Waals surface area contributed by atoms with Crippen LogP contribution in [-0.4, -0.2) is 29.9 Å². The standard InChI is InChI=1S/C34H26N2O6S/c1-40-20-12-15-27(41-2)26(17-20)31-25-14-11-19-7-3-4-8-22(19)30(25)35-34-36(31)32(37)29(43-34)18-21-13-16-28(42-21)23-9-5-6-10-24(23)33(38)39/h3-10,12-13,15-18,31H,11,14H2,1-2H3,(H,38,39)/b29-18-/t31-/m1/s1. The van der Waals surface area contributed by atoms with Gasteiger partial charge in [-0.3, -0.25) is 9.36 Å². The molecule has 5 aromatic rings. The highest BCUT2D eigenvalue weighted by atomic mass is 32.1. The molecular weight excluding hydrogens is 564 g/mol. The monoisotopic (exact) mass is 590 g/mol. The normalized spacial score (nSPS) is 15.8. The van der Waals surface area contributed by atoms with Crippen LogP contribution >= 0.6 is 11.3 Å². The first-order valence-electron chi connectivity index (χ1n) is 13.7. The quantitative estimate of drug-likeness (QED) is 0.288. The molecule has 0 bridgehead atoms. The zero-order valence-electron chi connectivity index (χ0n) is 23.4. The van der Waals surface area contributed by atoms with Crippen molar-refractivity contribution >= 4 is 29.1 Å². The van der Waals surface area contributed by atoms with Gasteiger partial charge in [0.25, 0.3) is 5.56 Å². The summed E-state index contributed by atoms with van der Waals surface area (Å²) in [5.74, 6) is 1.12. The summed E-state index contributed by atoms with van der Waals surface area (Å²) in [7, 11) is 3.24. The molecule has 8 nitrogen and oxygen atoms in total. The Morgan fingerprint density at radius 2 is 1.79 bits per heavy atom. The van der Waals surface area contributed by atoms with Gasteiger partial charge < -0.3 is 19.0 Å². The van der Waals surface area contributed by atoms with E-state index in [-0.39, 0.29) is 11.1 Å². The first kappa shape index (κ1) is 26.7. The van der Waals surface area contributed by atoms with E-state index in [2.05, 4.69) is 12.1 Å². The summed E-state index contributed by atoms with van der Waals surface area (Å²) >= 11 is 1.29. The maximum absolute atomic E-state index is 14.2.